The fourth-order valence-corrected chi connectivity index (χ4v) is 1.80. The summed E-state index contributed by atoms with van der Waals surface area (Å²) in [5, 5.41) is 0. The van der Waals surface area contributed by atoms with Crippen LogP contribution in [0.4, 0.5) is 0 Å². The Morgan fingerprint density at radius 1 is 1.33 bits per heavy atom. The summed E-state index contributed by atoms with van der Waals surface area (Å²) in [5.41, 5.74) is 1.59. The summed E-state index contributed by atoms with van der Waals surface area (Å²) >= 11 is 0. The van der Waals surface area contributed by atoms with Crippen LogP contribution in [0.2, 0.25) is 0 Å². The highest BCUT2D eigenvalue weighted by atomic mass is 16.5. The number of rotatable bonds is 0. The molecule has 1 heterocycles. The first-order chi connectivity index (χ1) is 4.30. The van der Waals surface area contributed by atoms with Gasteiger partial charge in [-0.05, 0) is 11.5 Å². The van der Waals surface area contributed by atoms with E-state index >= 15 is 0 Å². The first-order valence-electron chi connectivity index (χ1n) is 3.66. The molecule has 0 fully saturated rings. The third-order valence-corrected chi connectivity index (χ3v) is 2.66. The predicted octanol–water partition coefficient (Wildman–Crippen LogP) is 1.95. The largest absolute Gasteiger partial charge is 0.497 e. The van der Waals surface area contributed by atoms with E-state index in [1.807, 2.05) is 0 Å². The van der Waals surface area contributed by atoms with E-state index in [2.05, 4.69) is 13.8 Å². The summed E-state index contributed by atoms with van der Waals surface area (Å²) < 4.78 is 5.41. The third kappa shape index (κ3) is 0.499. The minimum Gasteiger partial charge on any atom is -0.497 e. The normalized spacial score (nSPS) is 39.8. The van der Waals surface area contributed by atoms with Gasteiger partial charge in [0.15, 0.2) is 0 Å². The van der Waals surface area contributed by atoms with E-state index in [4.69, 9.17) is 4.74 Å². The molecule has 2 rings (SSSR count). The Morgan fingerprint density at radius 3 is 2.78 bits per heavy atom. The van der Waals surface area contributed by atoms with Gasteiger partial charge in [0.1, 0.15) is 0 Å². The van der Waals surface area contributed by atoms with E-state index in [1.54, 1.807) is 5.57 Å². The molecule has 1 aliphatic carbocycles. The van der Waals surface area contributed by atoms with Crippen molar-refractivity contribution < 1.29 is 4.74 Å². The first-order valence-corrected chi connectivity index (χ1v) is 3.66. The monoisotopic (exact) mass is 124 g/mol. The molecule has 2 unspecified atom stereocenters. The Morgan fingerprint density at radius 2 is 2.11 bits per heavy atom. The average molecular weight is 124 g/mol. The molecule has 2 aliphatic rings. The van der Waals surface area contributed by atoms with Crippen molar-refractivity contribution in [3.8, 4) is 0 Å². The average Bonchev–Trinajstić information content (AvgIpc) is 2.30. The van der Waals surface area contributed by atoms with E-state index in [9.17, 15) is 0 Å². The van der Waals surface area contributed by atoms with Crippen LogP contribution in [0.3, 0.4) is 0 Å². The first kappa shape index (κ1) is 5.33. The molecule has 0 N–H and O–H groups in total. The lowest BCUT2D eigenvalue weighted by molar-refractivity contribution is 0.184. The van der Waals surface area contributed by atoms with Crippen LogP contribution in [-0.4, -0.2) is 6.61 Å². The summed E-state index contributed by atoms with van der Waals surface area (Å²) in [5.74, 6) is 2.83. The highest BCUT2D eigenvalue weighted by Crippen LogP contribution is 2.45. The van der Waals surface area contributed by atoms with E-state index in [0.717, 1.165) is 12.5 Å². The van der Waals surface area contributed by atoms with Gasteiger partial charge in [0.05, 0.1) is 12.4 Å². The molecule has 1 nitrogen and oxygen atoms in total. The van der Waals surface area contributed by atoms with Crippen LogP contribution in [0.5, 0.6) is 0 Å². The summed E-state index contributed by atoms with van der Waals surface area (Å²) in [6.45, 7) is 5.48. The molecule has 0 spiro atoms. The van der Waals surface area contributed by atoms with Crippen LogP contribution >= 0.6 is 0 Å². The molecule has 1 heteroatoms. The maximum absolute atomic E-state index is 5.41. The second-order valence-electron chi connectivity index (χ2n) is 3.07. The van der Waals surface area contributed by atoms with Crippen LogP contribution in [0, 0.1) is 11.8 Å². The van der Waals surface area contributed by atoms with Crippen molar-refractivity contribution in [3.05, 3.63) is 11.3 Å². The minimum absolute atomic E-state index is 0.711. The maximum Gasteiger partial charge on any atom is 0.0990 e. The van der Waals surface area contributed by atoms with Gasteiger partial charge in [-0.2, -0.15) is 0 Å². The van der Waals surface area contributed by atoms with Crippen molar-refractivity contribution >= 4 is 0 Å². The van der Waals surface area contributed by atoms with Crippen molar-refractivity contribution in [2.24, 2.45) is 11.8 Å². The zero-order valence-corrected chi connectivity index (χ0v) is 5.98. The number of allylic oxidation sites excluding steroid dienone is 1. The molecule has 0 amide bonds. The van der Waals surface area contributed by atoms with E-state index in [1.165, 1.54) is 12.2 Å². The Kier molecular flexibility index (Phi) is 0.904. The molecule has 0 aromatic rings. The quantitative estimate of drug-likeness (QED) is 0.479. The molecule has 0 saturated heterocycles. The molecule has 9 heavy (non-hydrogen) atoms. The van der Waals surface area contributed by atoms with Gasteiger partial charge in [0.2, 0.25) is 0 Å². The van der Waals surface area contributed by atoms with E-state index in [0.29, 0.717) is 5.92 Å². The molecule has 0 bridgehead atoms. The van der Waals surface area contributed by atoms with Crippen LogP contribution in [0.15, 0.2) is 11.3 Å². The second-order valence-corrected chi connectivity index (χ2v) is 3.07. The van der Waals surface area contributed by atoms with Crippen molar-refractivity contribution in [2.75, 3.05) is 6.61 Å². The molecule has 0 saturated carbocycles. The Balaban J connectivity index is 2.26. The molecule has 0 radical (unpaired) electrons. The molecule has 0 aromatic carbocycles. The lowest BCUT2D eigenvalue weighted by Gasteiger charge is -2.31. The van der Waals surface area contributed by atoms with Crippen LogP contribution in [0.1, 0.15) is 20.3 Å². The number of hydrogen-bond acceptors (Lipinski definition) is 1. The molecule has 1 aliphatic heterocycles. The smallest absolute Gasteiger partial charge is 0.0990 e. The fraction of sp³-hybridized carbons (Fsp3) is 0.750. The lowest BCUT2D eigenvalue weighted by atomic mass is 9.75. The van der Waals surface area contributed by atoms with E-state index < -0.39 is 0 Å². The highest BCUT2D eigenvalue weighted by molar-refractivity contribution is 5.29. The lowest BCUT2D eigenvalue weighted by Crippen LogP contribution is -2.23. The SMILES string of the molecule is CC1C2=C(OCC2)C1C. The summed E-state index contributed by atoms with van der Waals surface area (Å²) in [6, 6.07) is 0. The van der Waals surface area contributed by atoms with E-state index in [-0.39, 0.29) is 0 Å². The Hall–Kier alpha value is -0.460. The highest BCUT2D eigenvalue weighted by Gasteiger charge is 2.38. The van der Waals surface area contributed by atoms with Gasteiger partial charge in [-0.3, -0.25) is 0 Å². The topological polar surface area (TPSA) is 9.23 Å². The summed E-state index contributed by atoms with van der Waals surface area (Å²) in [6.07, 6.45) is 1.20. The van der Waals surface area contributed by atoms with Gasteiger partial charge in [-0.1, -0.05) is 13.8 Å². The molecular weight excluding hydrogens is 112 g/mol. The van der Waals surface area contributed by atoms with Gasteiger partial charge >= 0.3 is 0 Å². The zero-order valence-electron chi connectivity index (χ0n) is 5.98. The van der Waals surface area contributed by atoms with Crippen molar-refractivity contribution in [1.82, 2.24) is 0 Å². The third-order valence-electron chi connectivity index (χ3n) is 2.66. The molecular formula is C8H12O. The molecule has 2 atom stereocenters. The van der Waals surface area contributed by atoms with Gasteiger partial charge in [-0.25, -0.2) is 0 Å². The summed E-state index contributed by atoms with van der Waals surface area (Å²) in [4.78, 5) is 0. The second kappa shape index (κ2) is 1.53. The Labute approximate surface area is 55.7 Å². The van der Waals surface area contributed by atoms with Crippen LogP contribution in [-0.2, 0) is 4.74 Å². The molecule has 0 aromatic heterocycles. The van der Waals surface area contributed by atoms with Crippen molar-refractivity contribution in [3.63, 3.8) is 0 Å². The van der Waals surface area contributed by atoms with Gasteiger partial charge in [-0.15, -0.1) is 0 Å². The fourth-order valence-electron chi connectivity index (χ4n) is 1.80. The number of hydrogen-bond donors (Lipinski definition) is 0. The standard InChI is InChI=1S/C8H12O/c1-5-6(2)8-7(5)3-4-9-8/h5-6H,3-4H2,1-2H3. The minimum atomic E-state index is 0.711. The van der Waals surface area contributed by atoms with Crippen LogP contribution in [0.25, 0.3) is 0 Å². The van der Waals surface area contributed by atoms with Crippen molar-refractivity contribution in [1.29, 1.82) is 0 Å². The maximum atomic E-state index is 5.41. The van der Waals surface area contributed by atoms with Gasteiger partial charge in [0, 0.05) is 12.3 Å². The summed E-state index contributed by atoms with van der Waals surface area (Å²) in [7, 11) is 0. The Bertz CT molecular complexity index is 151. The van der Waals surface area contributed by atoms with Gasteiger partial charge < -0.3 is 4.74 Å². The van der Waals surface area contributed by atoms with Crippen molar-refractivity contribution in [2.45, 2.75) is 20.3 Å². The molecule has 50 valence electrons. The number of ether oxygens (including phenoxy) is 1. The van der Waals surface area contributed by atoms with Gasteiger partial charge in [0.25, 0.3) is 0 Å². The predicted molar refractivity (Wildman–Crippen MR) is 35.9 cm³/mol. The zero-order chi connectivity index (χ0) is 6.43. The van der Waals surface area contributed by atoms with Crippen LogP contribution < -0.4 is 0 Å².